The van der Waals surface area contributed by atoms with Crippen LogP contribution in [0.4, 0.5) is 23.8 Å². The average molecular weight is 541 g/mol. The standard InChI is InChI=1S/C23H27F3N6O4S/c1-5-27-22(35)31-18-7-15(20-30-17(11-37-20)23(24,25)26)16(9-28-18)14-6-13(21(33)34)8-29-19(14)36-12(2)10-32(3)4/h6-9,11-12,21,33-34H,5,10H2,1-4H3,(H2,27,28,31,35). The first-order valence-corrected chi connectivity index (χ1v) is 12.0. The molecule has 4 N–H and O–H groups in total. The minimum Gasteiger partial charge on any atom is -0.473 e. The number of pyridine rings is 2. The summed E-state index contributed by atoms with van der Waals surface area (Å²) in [7, 11) is 3.73. The van der Waals surface area contributed by atoms with Gasteiger partial charge in [0.25, 0.3) is 0 Å². The van der Waals surface area contributed by atoms with Crippen LogP contribution in [-0.4, -0.2) is 69.4 Å². The fraction of sp³-hybridized carbons (Fsp3) is 0.391. The van der Waals surface area contributed by atoms with Crippen molar-refractivity contribution in [3.05, 3.63) is 41.2 Å². The number of aliphatic hydroxyl groups excluding tert-OH is 1. The molecular weight excluding hydrogens is 513 g/mol. The molecule has 3 aromatic heterocycles. The van der Waals surface area contributed by atoms with Crippen molar-refractivity contribution in [2.24, 2.45) is 0 Å². The van der Waals surface area contributed by atoms with Gasteiger partial charge in [0.05, 0.1) is 0 Å². The summed E-state index contributed by atoms with van der Waals surface area (Å²) < 4.78 is 45.9. The van der Waals surface area contributed by atoms with Crippen molar-refractivity contribution in [3.63, 3.8) is 0 Å². The zero-order chi connectivity index (χ0) is 27.3. The fourth-order valence-corrected chi connectivity index (χ4v) is 4.26. The Morgan fingerprint density at radius 2 is 1.89 bits per heavy atom. The van der Waals surface area contributed by atoms with Crippen LogP contribution in [0.15, 0.2) is 29.9 Å². The number of aromatic nitrogens is 3. The molecule has 0 aliphatic rings. The first kappa shape index (κ1) is 28.2. The lowest BCUT2D eigenvalue weighted by atomic mass is 10.0. The van der Waals surface area contributed by atoms with E-state index < -0.39 is 24.2 Å². The predicted octanol–water partition coefficient (Wildman–Crippen LogP) is 3.74. The van der Waals surface area contributed by atoms with Crippen molar-refractivity contribution < 1.29 is 32.9 Å². The van der Waals surface area contributed by atoms with Gasteiger partial charge in [-0.3, -0.25) is 5.32 Å². The second kappa shape index (κ2) is 11.8. The van der Waals surface area contributed by atoms with Gasteiger partial charge in [-0.05, 0) is 40.1 Å². The Bertz CT molecular complexity index is 1240. The Labute approximate surface area is 215 Å². The maximum Gasteiger partial charge on any atom is 0.434 e. The van der Waals surface area contributed by atoms with Crippen LogP contribution < -0.4 is 15.4 Å². The van der Waals surface area contributed by atoms with Crippen LogP contribution in [0.5, 0.6) is 5.88 Å². The average Bonchev–Trinajstić information content (AvgIpc) is 3.30. The minimum atomic E-state index is -4.65. The number of hydrogen-bond acceptors (Lipinski definition) is 9. The molecule has 0 spiro atoms. The van der Waals surface area contributed by atoms with E-state index in [1.54, 1.807) is 6.92 Å². The lowest BCUT2D eigenvalue weighted by Crippen LogP contribution is -2.28. The molecule has 0 saturated carbocycles. The maximum absolute atomic E-state index is 13.3. The van der Waals surface area contributed by atoms with E-state index in [-0.39, 0.29) is 45.1 Å². The highest BCUT2D eigenvalue weighted by molar-refractivity contribution is 7.13. The van der Waals surface area contributed by atoms with Gasteiger partial charge in [0.1, 0.15) is 16.9 Å². The second-order valence-electron chi connectivity index (χ2n) is 8.32. The predicted molar refractivity (Wildman–Crippen MR) is 132 cm³/mol. The number of nitrogens with one attached hydrogen (secondary N) is 2. The highest BCUT2D eigenvalue weighted by Crippen LogP contribution is 2.41. The largest absolute Gasteiger partial charge is 0.473 e. The molecule has 0 saturated heterocycles. The van der Waals surface area contributed by atoms with Crippen molar-refractivity contribution in [2.45, 2.75) is 32.4 Å². The lowest BCUT2D eigenvalue weighted by Gasteiger charge is -2.21. The van der Waals surface area contributed by atoms with Gasteiger partial charge in [0.2, 0.25) is 5.88 Å². The zero-order valence-electron chi connectivity index (χ0n) is 20.5. The quantitative estimate of drug-likeness (QED) is 0.302. The van der Waals surface area contributed by atoms with Crippen LogP contribution in [0.2, 0.25) is 0 Å². The molecule has 0 bridgehead atoms. The van der Waals surface area contributed by atoms with E-state index in [4.69, 9.17) is 4.74 Å². The summed E-state index contributed by atoms with van der Waals surface area (Å²) in [5.41, 5.74) is -0.298. The number of urea groups is 1. The van der Waals surface area contributed by atoms with Crippen LogP contribution in [0, 0.1) is 0 Å². The third-order valence-electron chi connectivity index (χ3n) is 4.90. The molecule has 1 atom stereocenters. The van der Waals surface area contributed by atoms with Gasteiger partial charge in [0, 0.05) is 53.1 Å². The summed E-state index contributed by atoms with van der Waals surface area (Å²) >= 11 is 0.761. The number of carbonyl (C=O) groups is 1. The van der Waals surface area contributed by atoms with E-state index in [9.17, 15) is 28.2 Å². The molecule has 2 amide bonds. The van der Waals surface area contributed by atoms with Crippen molar-refractivity contribution in [1.82, 2.24) is 25.2 Å². The molecule has 0 aliphatic carbocycles. The number of likely N-dealkylation sites (N-methyl/N-ethyl adjacent to an activating group) is 1. The number of halogens is 3. The monoisotopic (exact) mass is 540 g/mol. The van der Waals surface area contributed by atoms with Crippen molar-refractivity contribution in [1.29, 1.82) is 0 Å². The first-order chi connectivity index (χ1) is 17.4. The van der Waals surface area contributed by atoms with E-state index >= 15 is 0 Å². The summed E-state index contributed by atoms with van der Waals surface area (Å²) in [4.78, 5) is 26.1. The molecular formula is C23H27F3N6O4S. The van der Waals surface area contributed by atoms with Gasteiger partial charge in [0.15, 0.2) is 12.0 Å². The van der Waals surface area contributed by atoms with E-state index in [0.29, 0.717) is 13.1 Å². The third-order valence-corrected chi connectivity index (χ3v) is 5.78. The number of anilines is 1. The summed E-state index contributed by atoms with van der Waals surface area (Å²) in [5, 5.41) is 25.4. The normalized spacial score (nSPS) is 12.6. The Kier molecular flexibility index (Phi) is 9.02. The second-order valence-corrected chi connectivity index (χ2v) is 9.18. The lowest BCUT2D eigenvalue weighted by molar-refractivity contribution is -0.140. The molecule has 0 aliphatic heterocycles. The Morgan fingerprint density at radius 3 is 2.49 bits per heavy atom. The molecule has 3 rings (SSSR count). The molecule has 1 unspecified atom stereocenters. The molecule has 3 aromatic rings. The first-order valence-electron chi connectivity index (χ1n) is 11.1. The van der Waals surface area contributed by atoms with Crippen LogP contribution in [0.1, 0.15) is 31.4 Å². The number of alkyl halides is 3. The fourth-order valence-electron chi connectivity index (χ4n) is 3.40. The molecule has 14 heteroatoms. The van der Waals surface area contributed by atoms with Gasteiger partial charge in [-0.15, -0.1) is 11.3 Å². The number of hydrogen-bond donors (Lipinski definition) is 4. The number of rotatable bonds is 9. The van der Waals surface area contributed by atoms with E-state index in [1.807, 2.05) is 25.9 Å². The van der Waals surface area contributed by atoms with Crippen LogP contribution in [0.25, 0.3) is 21.7 Å². The number of amides is 2. The van der Waals surface area contributed by atoms with Crippen molar-refractivity contribution >= 4 is 23.2 Å². The van der Waals surface area contributed by atoms with Crippen LogP contribution in [-0.2, 0) is 6.18 Å². The Balaban J connectivity index is 2.19. The highest BCUT2D eigenvalue weighted by Gasteiger charge is 2.34. The summed E-state index contributed by atoms with van der Waals surface area (Å²) in [6, 6.07) is 2.25. The van der Waals surface area contributed by atoms with Gasteiger partial charge in [-0.25, -0.2) is 19.7 Å². The summed E-state index contributed by atoms with van der Waals surface area (Å²) in [6.45, 7) is 4.43. The van der Waals surface area contributed by atoms with E-state index in [1.165, 1.54) is 24.5 Å². The van der Waals surface area contributed by atoms with E-state index in [0.717, 1.165) is 16.7 Å². The highest BCUT2D eigenvalue weighted by atomic mass is 32.1. The molecule has 37 heavy (non-hydrogen) atoms. The topological polar surface area (TPSA) is 133 Å². The smallest absolute Gasteiger partial charge is 0.434 e. The van der Waals surface area contributed by atoms with Crippen molar-refractivity contribution in [3.8, 4) is 27.6 Å². The van der Waals surface area contributed by atoms with Crippen molar-refractivity contribution in [2.75, 3.05) is 32.5 Å². The van der Waals surface area contributed by atoms with Crippen LogP contribution in [0.3, 0.4) is 0 Å². The van der Waals surface area contributed by atoms with Gasteiger partial charge in [-0.2, -0.15) is 13.2 Å². The van der Waals surface area contributed by atoms with Gasteiger partial charge >= 0.3 is 12.2 Å². The molecule has 0 aromatic carbocycles. The minimum absolute atomic E-state index is 0.00548. The molecule has 3 heterocycles. The number of aliphatic hydroxyl groups is 2. The number of thiazole rings is 1. The number of carbonyl (C=O) groups excluding carboxylic acids is 1. The number of nitrogens with zero attached hydrogens (tertiary/aromatic N) is 4. The molecule has 200 valence electrons. The molecule has 0 radical (unpaired) electrons. The molecule has 0 fully saturated rings. The third kappa shape index (κ3) is 7.35. The SMILES string of the molecule is CCNC(=O)Nc1cc(-c2nc(C(F)(F)F)cs2)c(-c2cc(C(O)O)cnc2OC(C)CN(C)C)cn1. The molecule has 10 nitrogen and oxygen atoms in total. The van der Waals surface area contributed by atoms with Crippen LogP contribution >= 0.6 is 11.3 Å². The van der Waals surface area contributed by atoms with Gasteiger partial charge in [-0.1, -0.05) is 0 Å². The zero-order valence-corrected chi connectivity index (χ0v) is 21.3. The Hall–Kier alpha value is -3.33. The number of ether oxygens (including phenoxy) is 1. The summed E-state index contributed by atoms with van der Waals surface area (Å²) in [5.74, 6) is 0.182. The maximum atomic E-state index is 13.3. The van der Waals surface area contributed by atoms with Gasteiger partial charge < -0.3 is 25.2 Å². The summed E-state index contributed by atoms with van der Waals surface area (Å²) in [6.07, 6.45) is -4.28. The Morgan fingerprint density at radius 1 is 1.16 bits per heavy atom. The van der Waals surface area contributed by atoms with E-state index in [2.05, 4.69) is 25.6 Å².